The van der Waals surface area contributed by atoms with Crippen molar-refractivity contribution < 1.29 is 4.79 Å². The number of carbonyl (C=O) groups excluding carboxylic acids is 1. The maximum atomic E-state index is 12.7. The van der Waals surface area contributed by atoms with Gasteiger partial charge in [0.2, 0.25) is 5.91 Å². The highest BCUT2D eigenvalue weighted by molar-refractivity contribution is 5.78. The molecule has 1 aliphatic carbocycles. The number of nitrogens with one attached hydrogen (secondary N) is 1. The molecule has 132 valence electrons. The van der Waals surface area contributed by atoms with E-state index in [2.05, 4.69) is 64.4 Å². The van der Waals surface area contributed by atoms with Gasteiger partial charge in [-0.2, -0.15) is 0 Å². The lowest BCUT2D eigenvalue weighted by Crippen LogP contribution is -2.39. The number of hydrogen-bond acceptors (Lipinski definition) is 2. The first-order chi connectivity index (χ1) is 12.2. The molecule has 4 rings (SSSR count). The van der Waals surface area contributed by atoms with Crippen molar-refractivity contribution >= 4 is 5.91 Å². The number of carbonyl (C=O) groups is 1. The van der Waals surface area contributed by atoms with Gasteiger partial charge in [0.25, 0.3) is 0 Å². The van der Waals surface area contributed by atoms with Crippen LogP contribution < -0.4 is 5.32 Å². The maximum Gasteiger partial charge on any atom is 0.234 e. The molecule has 1 aromatic heterocycles. The van der Waals surface area contributed by atoms with Gasteiger partial charge in [-0.1, -0.05) is 24.3 Å². The Balaban J connectivity index is 1.42. The normalized spacial score (nSPS) is 23.4. The highest BCUT2D eigenvalue weighted by Crippen LogP contribution is 2.32. The molecule has 1 N–H and O–H groups in total. The molecule has 2 aliphatic rings. The lowest BCUT2D eigenvalue weighted by molar-refractivity contribution is -0.123. The van der Waals surface area contributed by atoms with Crippen molar-refractivity contribution in [2.75, 3.05) is 13.1 Å². The standard InChI is InChI=1S/C21H27N3O/c1-23-13-5-11-19(23)20-12-6-14-24(20)15-21(25)22-18-10-4-8-16-7-2-3-9-17(16)18/h2-3,5,7,9,11,13,18,20H,4,6,8,10,12,14-15H2,1H3,(H,22,25). The molecule has 2 heterocycles. The van der Waals surface area contributed by atoms with E-state index in [1.165, 1.54) is 16.8 Å². The average molecular weight is 337 g/mol. The second-order valence-corrected chi connectivity index (χ2v) is 7.38. The van der Waals surface area contributed by atoms with Gasteiger partial charge in [0.05, 0.1) is 18.6 Å². The van der Waals surface area contributed by atoms with Crippen LogP contribution in [0.1, 0.15) is 54.6 Å². The van der Waals surface area contributed by atoms with Crippen LogP contribution in [0.2, 0.25) is 0 Å². The van der Waals surface area contributed by atoms with Gasteiger partial charge in [-0.15, -0.1) is 0 Å². The van der Waals surface area contributed by atoms with Crippen LogP contribution >= 0.6 is 0 Å². The molecule has 1 saturated heterocycles. The SMILES string of the molecule is Cn1cccc1C1CCCN1CC(=O)NC1CCCc2ccccc21. The van der Waals surface area contributed by atoms with E-state index < -0.39 is 0 Å². The van der Waals surface area contributed by atoms with Crippen LogP contribution in [-0.4, -0.2) is 28.5 Å². The zero-order chi connectivity index (χ0) is 17.2. The van der Waals surface area contributed by atoms with E-state index in [9.17, 15) is 4.79 Å². The van der Waals surface area contributed by atoms with E-state index in [4.69, 9.17) is 0 Å². The van der Waals surface area contributed by atoms with Crippen LogP contribution in [0, 0.1) is 0 Å². The fourth-order valence-corrected chi connectivity index (χ4v) is 4.50. The molecule has 0 bridgehead atoms. The van der Waals surface area contributed by atoms with Crippen molar-refractivity contribution in [2.45, 2.75) is 44.2 Å². The number of aromatic nitrogens is 1. The maximum absolute atomic E-state index is 12.7. The first-order valence-corrected chi connectivity index (χ1v) is 9.45. The third-order valence-corrected chi connectivity index (χ3v) is 5.74. The molecule has 1 amide bonds. The van der Waals surface area contributed by atoms with Gasteiger partial charge in [-0.05, 0) is 61.9 Å². The van der Waals surface area contributed by atoms with E-state index >= 15 is 0 Å². The number of benzene rings is 1. The third-order valence-electron chi connectivity index (χ3n) is 5.74. The molecule has 1 aromatic carbocycles. The fourth-order valence-electron chi connectivity index (χ4n) is 4.50. The Kier molecular flexibility index (Phi) is 4.62. The summed E-state index contributed by atoms with van der Waals surface area (Å²) in [4.78, 5) is 15.1. The van der Waals surface area contributed by atoms with Gasteiger partial charge in [0.1, 0.15) is 0 Å². The van der Waals surface area contributed by atoms with Gasteiger partial charge in [0, 0.05) is 18.9 Å². The summed E-state index contributed by atoms with van der Waals surface area (Å²) in [6.45, 7) is 1.50. The van der Waals surface area contributed by atoms with E-state index in [1.807, 2.05) is 0 Å². The van der Waals surface area contributed by atoms with Crippen LogP contribution in [0.5, 0.6) is 0 Å². The number of likely N-dealkylation sites (tertiary alicyclic amines) is 1. The summed E-state index contributed by atoms with van der Waals surface area (Å²) in [5.41, 5.74) is 4.01. The van der Waals surface area contributed by atoms with E-state index in [0.717, 1.165) is 38.6 Å². The van der Waals surface area contributed by atoms with Crippen LogP contribution in [0.4, 0.5) is 0 Å². The second-order valence-electron chi connectivity index (χ2n) is 7.38. The van der Waals surface area contributed by atoms with Gasteiger partial charge in [-0.25, -0.2) is 0 Å². The quantitative estimate of drug-likeness (QED) is 0.929. The van der Waals surface area contributed by atoms with Gasteiger partial charge < -0.3 is 9.88 Å². The molecular weight excluding hydrogens is 310 g/mol. The lowest BCUT2D eigenvalue weighted by Gasteiger charge is -2.29. The van der Waals surface area contributed by atoms with Gasteiger partial charge in [-0.3, -0.25) is 9.69 Å². The first kappa shape index (κ1) is 16.4. The summed E-state index contributed by atoms with van der Waals surface area (Å²) in [5.74, 6) is 0.155. The molecule has 2 atom stereocenters. The molecule has 2 unspecified atom stereocenters. The van der Waals surface area contributed by atoms with Crippen LogP contribution in [0.25, 0.3) is 0 Å². The van der Waals surface area contributed by atoms with Crippen LogP contribution in [0.3, 0.4) is 0 Å². The lowest BCUT2D eigenvalue weighted by atomic mass is 9.88. The molecule has 2 aromatic rings. The van der Waals surface area contributed by atoms with E-state index in [1.54, 1.807) is 0 Å². The second kappa shape index (κ2) is 7.04. The van der Waals surface area contributed by atoms with Crippen molar-refractivity contribution in [2.24, 2.45) is 7.05 Å². The Labute approximate surface area is 149 Å². The number of fused-ring (bicyclic) bond motifs is 1. The van der Waals surface area contributed by atoms with Crippen molar-refractivity contribution in [1.82, 2.24) is 14.8 Å². The summed E-state index contributed by atoms with van der Waals surface area (Å²) >= 11 is 0. The highest BCUT2D eigenvalue weighted by Gasteiger charge is 2.30. The Hall–Kier alpha value is -2.07. The van der Waals surface area contributed by atoms with E-state index in [0.29, 0.717) is 12.6 Å². The minimum absolute atomic E-state index is 0.155. The van der Waals surface area contributed by atoms with Crippen molar-refractivity contribution in [3.05, 3.63) is 59.4 Å². The summed E-state index contributed by atoms with van der Waals surface area (Å²) in [6.07, 6.45) is 7.71. The molecule has 0 saturated carbocycles. The summed E-state index contributed by atoms with van der Waals surface area (Å²) < 4.78 is 2.18. The first-order valence-electron chi connectivity index (χ1n) is 9.45. The van der Waals surface area contributed by atoms with Crippen molar-refractivity contribution in [3.8, 4) is 0 Å². The van der Waals surface area contributed by atoms with E-state index in [-0.39, 0.29) is 11.9 Å². The predicted molar refractivity (Wildman–Crippen MR) is 99.2 cm³/mol. The topological polar surface area (TPSA) is 37.3 Å². The Morgan fingerprint density at radius 3 is 2.88 bits per heavy atom. The number of amides is 1. The van der Waals surface area contributed by atoms with Gasteiger partial charge >= 0.3 is 0 Å². The number of hydrogen-bond donors (Lipinski definition) is 1. The summed E-state index contributed by atoms with van der Waals surface area (Å²) in [6, 6.07) is 13.3. The molecule has 4 heteroatoms. The molecule has 1 aliphatic heterocycles. The van der Waals surface area contributed by atoms with Crippen molar-refractivity contribution in [1.29, 1.82) is 0 Å². The molecule has 0 radical (unpaired) electrons. The third kappa shape index (κ3) is 3.36. The minimum atomic E-state index is 0.155. The van der Waals surface area contributed by atoms with Gasteiger partial charge in [0.15, 0.2) is 0 Å². The largest absolute Gasteiger partial charge is 0.353 e. The summed E-state index contributed by atoms with van der Waals surface area (Å²) in [7, 11) is 2.09. The Bertz CT molecular complexity index is 751. The van der Waals surface area contributed by atoms with Crippen LogP contribution in [-0.2, 0) is 18.3 Å². The molecule has 4 nitrogen and oxygen atoms in total. The highest BCUT2D eigenvalue weighted by atomic mass is 16.2. The predicted octanol–water partition coefficient (Wildman–Crippen LogP) is 3.36. The zero-order valence-corrected chi connectivity index (χ0v) is 14.9. The zero-order valence-electron chi connectivity index (χ0n) is 14.9. The minimum Gasteiger partial charge on any atom is -0.353 e. The Morgan fingerprint density at radius 2 is 2.04 bits per heavy atom. The average Bonchev–Trinajstić information content (AvgIpc) is 3.23. The fraction of sp³-hybridized carbons (Fsp3) is 0.476. The number of aryl methyl sites for hydroxylation is 2. The molecule has 25 heavy (non-hydrogen) atoms. The summed E-state index contributed by atoms with van der Waals surface area (Å²) in [5, 5.41) is 3.30. The number of rotatable bonds is 4. The monoisotopic (exact) mass is 337 g/mol. The number of nitrogens with zero attached hydrogens (tertiary/aromatic N) is 2. The molecular formula is C21H27N3O. The van der Waals surface area contributed by atoms with Crippen molar-refractivity contribution in [3.63, 3.8) is 0 Å². The smallest absolute Gasteiger partial charge is 0.234 e. The molecule has 0 spiro atoms. The Morgan fingerprint density at radius 1 is 1.16 bits per heavy atom. The molecule has 1 fully saturated rings. The van der Waals surface area contributed by atoms with Crippen LogP contribution in [0.15, 0.2) is 42.6 Å².